The molecule has 0 N–H and O–H groups in total. The molecule has 0 aromatic heterocycles. The fraction of sp³-hybridized carbons (Fsp3) is 0.767. The molecule has 37 heavy (non-hydrogen) atoms. The zero-order chi connectivity index (χ0) is 26.4. The Bertz CT molecular complexity index is 693. The third-order valence-electron chi connectivity index (χ3n) is 6.44. The number of unbranched alkanes of at least 4 members (excludes halogenated alkanes) is 7. The first kappa shape index (κ1) is 31.5. The number of carbonyl (C=O) groups is 1. The van der Waals surface area contributed by atoms with E-state index in [1.807, 2.05) is 18.2 Å². The van der Waals surface area contributed by atoms with Crippen molar-refractivity contribution in [3.05, 3.63) is 29.3 Å². The number of esters is 1. The summed E-state index contributed by atoms with van der Waals surface area (Å²) in [6, 6.07) is 5.84. The fourth-order valence-corrected chi connectivity index (χ4v) is 4.27. The zero-order valence-electron chi connectivity index (χ0n) is 23.3. The molecule has 0 spiro atoms. The predicted octanol–water partition coefficient (Wildman–Crippen LogP) is 6.15. The van der Waals surface area contributed by atoms with Crippen molar-refractivity contribution in [2.24, 2.45) is 0 Å². The molecule has 1 saturated heterocycles. The van der Waals surface area contributed by atoms with Gasteiger partial charge >= 0.3 is 5.97 Å². The van der Waals surface area contributed by atoms with Gasteiger partial charge in [-0.15, -0.1) is 0 Å². The Morgan fingerprint density at radius 1 is 0.838 bits per heavy atom. The van der Waals surface area contributed by atoms with Crippen molar-refractivity contribution >= 4 is 5.97 Å². The minimum Gasteiger partial charge on any atom is -0.490 e. The van der Waals surface area contributed by atoms with Crippen LogP contribution in [0.4, 0.5) is 0 Å². The van der Waals surface area contributed by atoms with E-state index in [9.17, 15) is 4.79 Å². The Kier molecular flexibility index (Phi) is 18.1. The maximum absolute atomic E-state index is 12.5. The van der Waals surface area contributed by atoms with E-state index in [0.29, 0.717) is 64.2 Å². The van der Waals surface area contributed by atoms with Crippen LogP contribution in [0, 0.1) is 0 Å². The van der Waals surface area contributed by atoms with Crippen LogP contribution >= 0.6 is 0 Å². The number of ether oxygens (including phenoxy) is 6. The van der Waals surface area contributed by atoms with E-state index in [1.165, 1.54) is 52.1 Å². The largest absolute Gasteiger partial charge is 0.490 e. The molecule has 0 radical (unpaired) electrons. The van der Waals surface area contributed by atoms with E-state index in [2.05, 4.69) is 6.92 Å². The monoisotopic (exact) mass is 522 g/mol. The highest BCUT2D eigenvalue weighted by Crippen LogP contribution is 2.23. The summed E-state index contributed by atoms with van der Waals surface area (Å²) in [5, 5.41) is 0. The zero-order valence-corrected chi connectivity index (χ0v) is 23.3. The second kappa shape index (κ2) is 21.3. The summed E-state index contributed by atoms with van der Waals surface area (Å²) in [6.45, 7) is 6.88. The summed E-state index contributed by atoms with van der Waals surface area (Å²) in [7, 11) is 1.40. The highest BCUT2D eigenvalue weighted by atomic mass is 16.6. The lowest BCUT2D eigenvalue weighted by Gasteiger charge is -2.20. The normalized spacial score (nSPS) is 18.5. The Hall–Kier alpha value is -1.67. The molecule has 212 valence electrons. The number of benzene rings is 1. The summed E-state index contributed by atoms with van der Waals surface area (Å²) in [4.78, 5) is 12.5. The van der Waals surface area contributed by atoms with Gasteiger partial charge in [-0.25, -0.2) is 4.79 Å². The van der Waals surface area contributed by atoms with Gasteiger partial charge in [0.1, 0.15) is 24.0 Å². The Balaban J connectivity index is 1.85. The number of rotatable bonds is 13. The highest BCUT2D eigenvalue weighted by Gasteiger charge is 2.17. The molecule has 1 aliphatic heterocycles. The van der Waals surface area contributed by atoms with E-state index in [-0.39, 0.29) is 12.1 Å². The van der Waals surface area contributed by atoms with Gasteiger partial charge in [-0.1, -0.05) is 57.9 Å². The van der Waals surface area contributed by atoms with Crippen molar-refractivity contribution in [2.75, 3.05) is 60.0 Å². The molecular formula is C30H50O7. The van der Waals surface area contributed by atoms with Crippen molar-refractivity contribution in [1.29, 1.82) is 0 Å². The van der Waals surface area contributed by atoms with E-state index >= 15 is 0 Å². The van der Waals surface area contributed by atoms with E-state index in [1.54, 1.807) is 0 Å². The topological polar surface area (TPSA) is 72.5 Å². The van der Waals surface area contributed by atoms with Gasteiger partial charge in [0.15, 0.2) is 0 Å². The Labute approximate surface area is 224 Å². The third-order valence-corrected chi connectivity index (χ3v) is 6.44. The first-order valence-electron chi connectivity index (χ1n) is 14.4. The molecule has 0 aliphatic carbocycles. The standard InChI is InChI=1S/C30H50O7/c1-3-4-5-6-7-8-9-10-14-26-15-16-29(28(23-26)30(31)32-2)37-25-27-24-35-21-12-19-33-17-11-18-34-20-13-22-36-27/h15-16,23,27H,3-14,17-22,24-25H2,1-2H3. The maximum Gasteiger partial charge on any atom is 0.341 e. The van der Waals surface area contributed by atoms with Crippen LogP contribution in [0.1, 0.15) is 93.5 Å². The molecule has 7 heteroatoms. The lowest BCUT2D eigenvalue weighted by Crippen LogP contribution is -2.28. The number of hydrogen-bond acceptors (Lipinski definition) is 7. The molecule has 1 aromatic carbocycles. The van der Waals surface area contributed by atoms with Crippen LogP contribution in [0.2, 0.25) is 0 Å². The SMILES string of the molecule is CCCCCCCCCCc1ccc(OCC2COCCCOCCCOCCCO2)c(C(=O)OC)c1. The lowest BCUT2D eigenvalue weighted by atomic mass is 10.0. The molecule has 1 heterocycles. The summed E-state index contributed by atoms with van der Waals surface area (Å²) >= 11 is 0. The maximum atomic E-state index is 12.5. The molecule has 2 rings (SSSR count). The minimum absolute atomic E-state index is 0.242. The quantitative estimate of drug-likeness (QED) is 0.227. The van der Waals surface area contributed by atoms with Gasteiger partial charge in [-0.3, -0.25) is 0 Å². The van der Waals surface area contributed by atoms with Crippen LogP contribution in [0.5, 0.6) is 5.75 Å². The summed E-state index contributed by atoms with van der Waals surface area (Å²) in [5.74, 6) is 0.131. The van der Waals surface area contributed by atoms with E-state index in [4.69, 9.17) is 28.4 Å². The van der Waals surface area contributed by atoms with Crippen molar-refractivity contribution in [1.82, 2.24) is 0 Å². The van der Waals surface area contributed by atoms with Gasteiger partial charge in [0, 0.05) is 39.6 Å². The molecule has 1 fully saturated rings. The van der Waals surface area contributed by atoms with Crippen molar-refractivity contribution in [3.63, 3.8) is 0 Å². The van der Waals surface area contributed by atoms with Crippen LogP contribution in [-0.2, 0) is 30.1 Å². The van der Waals surface area contributed by atoms with Crippen molar-refractivity contribution in [2.45, 2.75) is 90.1 Å². The highest BCUT2D eigenvalue weighted by molar-refractivity contribution is 5.92. The van der Waals surface area contributed by atoms with Crippen LogP contribution in [0.15, 0.2) is 18.2 Å². The minimum atomic E-state index is -0.385. The second-order valence-electron chi connectivity index (χ2n) is 9.71. The number of carbonyl (C=O) groups excluding carboxylic acids is 1. The van der Waals surface area contributed by atoms with Gasteiger partial charge in [-0.2, -0.15) is 0 Å². The molecule has 1 atom stereocenters. The fourth-order valence-electron chi connectivity index (χ4n) is 4.27. The molecule has 1 aliphatic rings. The van der Waals surface area contributed by atoms with Crippen molar-refractivity contribution in [3.8, 4) is 5.75 Å². The third kappa shape index (κ3) is 14.7. The first-order valence-corrected chi connectivity index (χ1v) is 14.4. The van der Waals surface area contributed by atoms with Crippen molar-refractivity contribution < 1.29 is 33.2 Å². The van der Waals surface area contributed by atoms with Gasteiger partial charge in [-0.05, 0) is 49.8 Å². The number of hydrogen-bond donors (Lipinski definition) is 0. The van der Waals surface area contributed by atoms with Gasteiger partial charge < -0.3 is 28.4 Å². The van der Waals surface area contributed by atoms with Gasteiger partial charge in [0.05, 0.1) is 13.7 Å². The summed E-state index contributed by atoms with van der Waals surface area (Å²) in [6.07, 6.45) is 13.5. The first-order chi connectivity index (χ1) is 18.2. The average Bonchev–Trinajstić information content (AvgIpc) is 2.93. The molecule has 0 saturated carbocycles. The molecular weight excluding hydrogens is 472 g/mol. The molecule has 0 bridgehead atoms. The molecule has 1 aromatic rings. The molecule has 7 nitrogen and oxygen atoms in total. The van der Waals surface area contributed by atoms with Crippen LogP contribution in [0.3, 0.4) is 0 Å². The van der Waals surface area contributed by atoms with E-state index in [0.717, 1.165) is 37.7 Å². The van der Waals surface area contributed by atoms with Crippen LogP contribution in [-0.4, -0.2) is 72.0 Å². The summed E-state index contributed by atoms with van der Waals surface area (Å²) < 4.78 is 34.2. The molecule has 0 amide bonds. The van der Waals surface area contributed by atoms with Gasteiger partial charge in [0.2, 0.25) is 0 Å². The predicted molar refractivity (Wildman–Crippen MR) is 146 cm³/mol. The van der Waals surface area contributed by atoms with Crippen LogP contribution < -0.4 is 4.74 Å². The van der Waals surface area contributed by atoms with Crippen LogP contribution in [0.25, 0.3) is 0 Å². The number of methoxy groups -OCH3 is 1. The second-order valence-corrected chi connectivity index (χ2v) is 9.71. The Morgan fingerprint density at radius 2 is 1.46 bits per heavy atom. The molecule has 1 unspecified atom stereocenters. The smallest absolute Gasteiger partial charge is 0.341 e. The lowest BCUT2D eigenvalue weighted by molar-refractivity contribution is -0.0437. The Morgan fingerprint density at radius 3 is 2.14 bits per heavy atom. The average molecular weight is 523 g/mol. The summed E-state index contributed by atoms with van der Waals surface area (Å²) in [5.41, 5.74) is 1.60. The van der Waals surface area contributed by atoms with Gasteiger partial charge in [0.25, 0.3) is 0 Å². The van der Waals surface area contributed by atoms with E-state index < -0.39 is 0 Å². The number of aryl methyl sites for hydroxylation is 1.